The first kappa shape index (κ1) is 21.8. The summed E-state index contributed by atoms with van der Waals surface area (Å²) >= 11 is 0. The molecule has 0 saturated carbocycles. The number of esters is 1. The zero-order valence-electron chi connectivity index (χ0n) is 17.4. The van der Waals surface area contributed by atoms with Crippen LogP contribution in [0.4, 0.5) is 11.4 Å². The predicted octanol–water partition coefficient (Wildman–Crippen LogP) is 2.35. The van der Waals surface area contributed by atoms with Crippen LogP contribution in [0.15, 0.2) is 42.5 Å². The van der Waals surface area contributed by atoms with E-state index in [2.05, 4.69) is 10.7 Å². The quantitative estimate of drug-likeness (QED) is 0.687. The second-order valence-corrected chi connectivity index (χ2v) is 7.05. The van der Waals surface area contributed by atoms with Crippen LogP contribution in [0, 0.1) is 6.92 Å². The molecule has 2 aromatic carbocycles. The van der Waals surface area contributed by atoms with Crippen LogP contribution in [0.5, 0.6) is 5.75 Å². The monoisotopic (exact) mass is 425 g/mol. The highest BCUT2D eigenvalue weighted by Gasteiger charge is 2.25. The van der Waals surface area contributed by atoms with Crippen molar-refractivity contribution in [3.63, 3.8) is 0 Å². The Kier molecular flexibility index (Phi) is 6.54. The summed E-state index contributed by atoms with van der Waals surface area (Å²) in [5, 5.41) is 3.84. The van der Waals surface area contributed by atoms with Gasteiger partial charge < -0.3 is 14.8 Å². The van der Waals surface area contributed by atoms with E-state index < -0.39 is 18.0 Å². The van der Waals surface area contributed by atoms with E-state index in [1.807, 2.05) is 13.0 Å². The summed E-state index contributed by atoms with van der Waals surface area (Å²) in [6.45, 7) is 3.34. The number of amides is 3. The van der Waals surface area contributed by atoms with Gasteiger partial charge in [-0.1, -0.05) is 6.07 Å². The van der Waals surface area contributed by atoms with Gasteiger partial charge in [0, 0.05) is 12.8 Å². The van der Waals surface area contributed by atoms with Crippen LogP contribution in [-0.2, 0) is 19.1 Å². The smallest absolute Gasteiger partial charge is 0.338 e. The van der Waals surface area contributed by atoms with E-state index in [1.54, 1.807) is 12.1 Å². The molecule has 1 fully saturated rings. The van der Waals surface area contributed by atoms with Gasteiger partial charge in [-0.15, -0.1) is 0 Å². The number of aryl methyl sites for hydroxylation is 1. The van der Waals surface area contributed by atoms with Gasteiger partial charge in [0.25, 0.3) is 5.91 Å². The van der Waals surface area contributed by atoms with Crippen molar-refractivity contribution in [3.8, 4) is 5.75 Å². The highest BCUT2D eigenvalue weighted by molar-refractivity contribution is 6.02. The Balaban J connectivity index is 1.63. The van der Waals surface area contributed by atoms with Crippen LogP contribution in [0.25, 0.3) is 0 Å². The van der Waals surface area contributed by atoms with Crippen molar-refractivity contribution < 1.29 is 28.7 Å². The lowest BCUT2D eigenvalue weighted by molar-refractivity contribution is -0.130. The van der Waals surface area contributed by atoms with Gasteiger partial charge in [-0.3, -0.25) is 19.8 Å². The Morgan fingerprint density at radius 2 is 1.81 bits per heavy atom. The lowest BCUT2D eigenvalue weighted by Gasteiger charge is -2.27. The maximum atomic E-state index is 12.5. The van der Waals surface area contributed by atoms with E-state index in [1.165, 1.54) is 38.3 Å². The second kappa shape index (κ2) is 9.29. The van der Waals surface area contributed by atoms with Crippen molar-refractivity contribution in [2.24, 2.45) is 0 Å². The van der Waals surface area contributed by atoms with Crippen molar-refractivity contribution in [2.75, 3.05) is 17.4 Å². The van der Waals surface area contributed by atoms with Crippen molar-refractivity contribution >= 4 is 35.1 Å². The third kappa shape index (κ3) is 5.19. The fourth-order valence-electron chi connectivity index (χ4n) is 2.97. The molecule has 1 aliphatic heterocycles. The first-order valence-electron chi connectivity index (χ1n) is 9.67. The van der Waals surface area contributed by atoms with Crippen molar-refractivity contribution in [2.45, 2.75) is 32.8 Å². The largest absolute Gasteiger partial charge is 0.495 e. The van der Waals surface area contributed by atoms with Gasteiger partial charge in [0.1, 0.15) is 5.75 Å². The molecule has 1 heterocycles. The van der Waals surface area contributed by atoms with Crippen molar-refractivity contribution in [1.82, 2.24) is 5.43 Å². The minimum atomic E-state index is -1.06. The molecule has 9 nitrogen and oxygen atoms in total. The van der Waals surface area contributed by atoms with Crippen LogP contribution in [0.1, 0.15) is 35.7 Å². The number of hydrogen-bond donors (Lipinski definition) is 2. The Morgan fingerprint density at radius 3 is 2.48 bits per heavy atom. The number of carbonyl (C=O) groups excluding carboxylic acids is 4. The molecule has 9 heteroatoms. The van der Waals surface area contributed by atoms with E-state index in [-0.39, 0.29) is 30.2 Å². The third-order valence-electron chi connectivity index (χ3n) is 4.68. The number of benzene rings is 2. The molecule has 1 saturated heterocycles. The summed E-state index contributed by atoms with van der Waals surface area (Å²) in [4.78, 5) is 48.4. The Morgan fingerprint density at radius 1 is 1.10 bits per heavy atom. The molecule has 0 bridgehead atoms. The summed E-state index contributed by atoms with van der Waals surface area (Å²) in [7, 11) is 1.50. The summed E-state index contributed by atoms with van der Waals surface area (Å²) in [5.74, 6) is -1.21. The zero-order chi connectivity index (χ0) is 22.5. The summed E-state index contributed by atoms with van der Waals surface area (Å²) in [5.41, 5.74) is 4.52. The first-order valence-corrected chi connectivity index (χ1v) is 9.67. The number of hydrogen-bond acceptors (Lipinski definition) is 6. The SMILES string of the molecule is COc1ccc(C)cc1NC(=O)C(C)OC(=O)c1ccc(N2NC(=O)CCC2=O)cc1. The number of nitrogens with one attached hydrogen (secondary N) is 2. The highest BCUT2D eigenvalue weighted by Crippen LogP contribution is 2.25. The van der Waals surface area contributed by atoms with Gasteiger partial charge in [-0.2, -0.15) is 0 Å². The molecule has 0 aromatic heterocycles. The molecule has 31 heavy (non-hydrogen) atoms. The number of hydrazine groups is 1. The van der Waals surface area contributed by atoms with E-state index in [0.717, 1.165) is 10.6 Å². The maximum Gasteiger partial charge on any atom is 0.338 e. The number of nitrogens with zero attached hydrogens (tertiary/aromatic N) is 1. The molecule has 1 atom stereocenters. The molecule has 1 aliphatic rings. The van der Waals surface area contributed by atoms with E-state index in [0.29, 0.717) is 17.1 Å². The minimum absolute atomic E-state index is 0.119. The molecule has 0 aliphatic carbocycles. The van der Waals surface area contributed by atoms with Crippen LogP contribution in [0.3, 0.4) is 0 Å². The molecule has 2 N–H and O–H groups in total. The second-order valence-electron chi connectivity index (χ2n) is 7.05. The van der Waals surface area contributed by atoms with Gasteiger partial charge in [-0.05, 0) is 55.8 Å². The molecule has 162 valence electrons. The Bertz CT molecular complexity index is 1020. The third-order valence-corrected chi connectivity index (χ3v) is 4.68. The molecule has 3 rings (SSSR count). The molecular weight excluding hydrogens is 402 g/mol. The lowest BCUT2D eigenvalue weighted by Crippen LogP contribution is -2.50. The fraction of sp³-hybridized carbons (Fsp3) is 0.273. The van der Waals surface area contributed by atoms with Gasteiger partial charge in [0.15, 0.2) is 6.10 Å². The Hall–Kier alpha value is -3.88. The summed E-state index contributed by atoms with van der Waals surface area (Å²) in [6, 6.07) is 11.3. The standard InChI is InChI=1S/C22H23N3O6/c1-13-4-9-18(30-3)17(12-13)23-21(28)14(2)31-22(29)15-5-7-16(8-6-15)25-20(27)11-10-19(26)24-25/h4-9,12,14H,10-11H2,1-3H3,(H,23,28)(H,24,26). The van der Waals surface area contributed by atoms with Crippen molar-refractivity contribution in [3.05, 3.63) is 53.6 Å². The molecule has 0 spiro atoms. The average Bonchev–Trinajstić information content (AvgIpc) is 2.75. The van der Waals surface area contributed by atoms with E-state index in [9.17, 15) is 19.2 Å². The minimum Gasteiger partial charge on any atom is -0.495 e. The van der Waals surface area contributed by atoms with Gasteiger partial charge in [-0.25, -0.2) is 9.80 Å². The van der Waals surface area contributed by atoms with E-state index in [4.69, 9.17) is 9.47 Å². The summed E-state index contributed by atoms with van der Waals surface area (Å²) < 4.78 is 10.5. The van der Waals surface area contributed by atoms with Crippen LogP contribution in [-0.4, -0.2) is 36.9 Å². The highest BCUT2D eigenvalue weighted by atomic mass is 16.5. The van der Waals surface area contributed by atoms with Crippen LogP contribution in [0.2, 0.25) is 0 Å². The van der Waals surface area contributed by atoms with Gasteiger partial charge in [0.05, 0.1) is 24.0 Å². The molecule has 1 unspecified atom stereocenters. The molecule has 3 amide bonds. The molecular formula is C22H23N3O6. The molecule has 2 aromatic rings. The van der Waals surface area contributed by atoms with Crippen molar-refractivity contribution in [1.29, 1.82) is 0 Å². The fourth-order valence-corrected chi connectivity index (χ4v) is 2.97. The number of carbonyl (C=O) groups is 4. The maximum absolute atomic E-state index is 12.5. The number of methoxy groups -OCH3 is 1. The average molecular weight is 425 g/mol. The first-order chi connectivity index (χ1) is 14.8. The normalized spacial score (nSPS) is 14.5. The summed E-state index contributed by atoms with van der Waals surface area (Å²) in [6.07, 6.45) is -0.789. The van der Waals surface area contributed by atoms with Crippen LogP contribution < -0.4 is 20.5 Å². The Labute approximate surface area is 179 Å². The topological polar surface area (TPSA) is 114 Å². The van der Waals surface area contributed by atoms with Gasteiger partial charge in [0.2, 0.25) is 11.8 Å². The van der Waals surface area contributed by atoms with Crippen LogP contribution >= 0.6 is 0 Å². The number of rotatable bonds is 6. The van der Waals surface area contributed by atoms with Gasteiger partial charge >= 0.3 is 5.97 Å². The zero-order valence-corrected chi connectivity index (χ0v) is 17.4. The predicted molar refractivity (Wildman–Crippen MR) is 113 cm³/mol. The number of anilines is 2. The lowest BCUT2D eigenvalue weighted by atomic mass is 10.1. The van der Waals surface area contributed by atoms with E-state index >= 15 is 0 Å². The molecule has 0 radical (unpaired) electrons. The number of ether oxygens (including phenoxy) is 2.